The first kappa shape index (κ1) is 18.1. The van der Waals surface area contributed by atoms with Crippen LogP contribution < -0.4 is 10.6 Å². The number of hydrogen-bond donors (Lipinski definition) is 3. The zero-order valence-electron chi connectivity index (χ0n) is 14.3. The number of amides is 1. The van der Waals surface area contributed by atoms with Gasteiger partial charge in [-0.3, -0.25) is 4.79 Å². The Kier molecular flexibility index (Phi) is 6.19. The van der Waals surface area contributed by atoms with Gasteiger partial charge in [0.15, 0.2) is 0 Å². The van der Waals surface area contributed by atoms with Gasteiger partial charge in [0.25, 0.3) is 5.91 Å². The quantitative estimate of drug-likeness (QED) is 0.427. The van der Waals surface area contributed by atoms with E-state index in [2.05, 4.69) is 17.6 Å². The summed E-state index contributed by atoms with van der Waals surface area (Å²) in [5, 5.41) is 24.2. The molecule has 3 N–H and O–H groups in total. The van der Waals surface area contributed by atoms with E-state index in [0.29, 0.717) is 5.69 Å². The molecule has 0 bridgehead atoms. The number of benzene rings is 2. The minimum Gasteiger partial charge on any atom is -0.508 e. The SMILES string of the molecule is CCc1ccc(C(C)NC(=O)/C(C#N)=C\Nc2ccc(O)cc2)cc1. The number of rotatable bonds is 6. The van der Waals surface area contributed by atoms with Gasteiger partial charge in [0, 0.05) is 11.9 Å². The standard InChI is InChI=1S/C20H21N3O2/c1-3-15-4-6-16(7-5-15)14(2)23-20(25)17(12-21)13-22-18-8-10-19(24)11-9-18/h4-11,13-14,22,24H,3H2,1-2H3,(H,23,25)/b17-13-. The Morgan fingerprint density at radius 2 is 1.84 bits per heavy atom. The summed E-state index contributed by atoms with van der Waals surface area (Å²) in [6.45, 7) is 3.96. The van der Waals surface area contributed by atoms with Crippen LogP contribution in [0.2, 0.25) is 0 Å². The lowest BCUT2D eigenvalue weighted by molar-refractivity contribution is -0.117. The largest absolute Gasteiger partial charge is 0.508 e. The molecule has 1 unspecified atom stereocenters. The Hall–Kier alpha value is -3.26. The summed E-state index contributed by atoms with van der Waals surface area (Å²) < 4.78 is 0. The Labute approximate surface area is 147 Å². The van der Waals surface area contributed by atoms with Crippen LogP contribution in [0.4, 0.5) is 5.69 Å². The van der Waals surface area contributed by atoms with Crippen molar-refractivity contribution in [1.82, 2.24) is 5.32 Å². The minimum absolute atomic E-state index is 0.0231. The van der Waals surface area contributed by atoms with Crippen molar-refractivity contribution in [1.29, 1.82) is 5.26 Å². The number of nitrogens with one attached hydrogen (secondary N) is 2. The van der Waals surface area contributed by atoms with Crippen LogP contribution in [-0.4, -0.2) is 11.0 Å². The second kappa shape index (κ2) is 8.55. The molecule has 0 aliphatic rings. The molecule has 0 saturated heterocycles. The summed E-state index contributed by atoms with van der Waals surface area (Å²) in [4.78, 5) is 12.3. The van der Waals surface area contributed by atoms with Crippen molar-refractivity contribution >= 4 is 11.6 Å². The maximum absolute atomic E-state index is 12.3. The highest BCUT2D eigenvalue weighted by Gasteiger charge is 2.13. The van der Waals surface area contributed by atoms with Crippen LogP contribution in [0, 0.1) is 11.3 Å². The molecule has 5 nitrogen and oxygen atoms in total. The van der Waals surface area contributed by atoms with Crippen molar-refractivity contribution in [2.75, 3.05) is 5.32 Å². The molecule has 2 aromatic carbocycles. The number of nitriles is 1. The molecule has 5 heteroatoms. The van der Waals surface area contributed by atoms with E-state index in [4.69, 9.17) is 0 Å². The van der Waals surface area contributed by atoms with Gasteiger partial charge in [-0.05, 0) is 48.7 Å². The fourth-order valence-electron chi connectivity index (χ4n) is 2.26. The predicted octanol–water partition coefficient (Wildman–Crippen LogP) is 3.65. The van der Waals surface area contributed by atoms with E-state index in [1.807, 2.05) is 37.3 Å². The van der Waals surface area contributed by atoms with Crippen LogP contribution in [0.3, 0.4) is 0 Å². The summed E-state index contributed by atoms with van der Waals surface area (Å²) in [6, 6.07) is 16.1. The third-order valence-corrected chi connectivity index (χ3v) is 3.85. The van der Waals surface area contributed by atoms with Crippen molar-refractivity contribution in [3.8, 4) is 11.8 Å². The number of anilines is 1. The lowest BCUT2D eigenvalue weighted by atomic mass is 10.0. The lowest BCUT2D eigenvalue weighted by Gasteiger charge is -2.14. The first-order chi connectivity index (χ1) is 12.0. The summed E-state index contributed by atoms with van der Waals surface area (Å²) in [5.41, 5.74) is 2.86. The van der Waals surface area contributed by atoms with Crippen LogP contribution >= 0.6 is 0 Å². The molecule has 0 radical (unpaired) electrons. The maximum atomic E-state index is 12.3. The van der Waals surface area contributed by atoms with Gasteiger partial charge < -0.3 is 15.7 Å². The van der Waals surface area contributed by atoms with Crippen LogP contribution in [-0.2, 0) is 11.2 Å². The third kappa shape index (κ3) is 5.11. The molecule has 0 aliphatic heterocycles. The van der Waals surface area contributed by atoms with Gasteiger partial charge in [0.05, 0.1) is 6.04 Å². The summed E-state index contributed by atoms with van der Waals surface area (Å²) >= 11 is 0. The second-order valence-electron chi connectivity index (χ2n) is 5.65. The normalized spacial score (nSPS) is 12.1. The van der Waals surface area contributed by atoms with E-state index in [1.165, 1.54) is 23.9 Å². The van der Waals surface area contributed by atoms with Gasteiger partial charge in [-0.15, -0.1) is 0 Å². The van der Waals surface area contributed by atoms with E-state index in [0.717, 1.165) is 12.0 Å². The molecular weight excluding hydrogens is 314 g/mol. The number of carbonyl (C=O) groups excluding carboxylic acids is 1. The van der Waals surface area contributed by atoms with Gasteiger partial charge in [0.1, 0.15) is 17.4 Å². The van der Waals surface area contributed by atoms with E-state index in [9.17, 15) is 15.2 Å². The highest BCUT2D eigenvalue weighted by atomic mass is 16.3. The maximum Gasteiger partial charge on any atom is 0.263 e. The van der Waals surface area contributed by atoms with Gasteiger partial charge in [-0.25, -0.2) is 0 Å². The lowest BCUT2D eigenvalue weighted by Crippen LogP contribution is -2.28. The van der Waals surface area contributed by atoms with Crippen LogP contribution in [0.1, 0.15) is 31.0 Å². The molecule has 0 heterocycles. The molecule has 1 atom stereocenters. The monoisotopic (exact) mass is 335 g/mol. The highest BCUT2D eigenvalue weighted by Crippen LogP contribution is 2.16. The smallest absolute Gasteiger partial charge is 0.263 e. The van der Waals surface area contributed by atoms with Crippen LogP contribution in [0.25, 0.3) is 0 Å². The molecule has 0 fully saturated rings. The van der Waals surface area contributed by atoms with Gasteiger partial charge in [-0.1, -0.05) is 31.2 Å². The average molecular weight is 335 g/mol. The second-order valence-corrected chi connectivity index (χ2v) is 5.65. The third-order valence-electron chi connectivity index (χ3n) is 3.85. The molecule has 128 valence electrons. The first-order valence-electron chi connectivity index (χ1n) is 8.09. The molecule has 2 rings (SSSR count). The molecule has 25 heavy (non-hydrogen) atoms. The molecule has 0 aromatic heterocycles. The van der Waals surface area contributed by atoms with Crippen LogP contribution in [0.5, 0.6) is 5.75 Å². The molecule has 0 aliphatic carbocycles. The number of hydrogen-bond acceptors (Lipinski definition) is 4. The molecular formula is C20H21N3O2. The Bertz CT molecular complexity index is 787. The van der Waals surface area contributed by atoms with Crippen LogP contribution in [0.15, 0.2) is 60.3 Å². The summed E-state index contributed by atoms with van der Waals surface area (Å²) in [7, 11) is 0. The number of phenols is 1. The van der Waals surface area contributed by atoms with Gasteiger partial charge >= 0.3 is 0 Å². The topological polar surface area (TPSA) is 85.2 Å². The van der Waals surface area contributed by atoms with Crippen molar-refractivity contribution in [3.63, 3.8) is 0 Å². The fraction of sp³-hybridized carbons (Fsp3) is 0.200. The average Bonchev–Trinajstić information content (AvgIpc) is 2.63. The van der Waals surface area contributed by atoms with E-state index >= 15 is 0 Å². The number of aryl methyl sites for hydroxylation is 1. The Morgan fingerprint density at radius 1 is 1.20 bits per heavy atom. The number of aromatic hydroxyl groups is 1. The van der Waals surface area contributed by atoms with Crippen molar-refractivity contribution in [3.05, 3.63) is 71.4 Å². The molecule has 0 saturated carbocycles. The van der Waals surface area contributed by atoms with Gasteiger partial charge in [0.2, 0.25) is 0 Å². The molecule has 2 aromatic rings. The molecule has 0 spiro atoms. The van der Waals surface area contributed by atoms with E-state index < -0.39 is 5.91 Å². The zero-order valence-corrected chi connectivity index (χ0v) is 14.3. The minimum atomic E-state index is -0.444. The van der Waals surface area contributed by atoms with E-state index in [1.54, 1.807) is 12.1 Å². The number of nitrogens with zero attached hydrogens (tertiary/aromatic N) is 1. The van der Waals surface area contributed by atoms with Crippen molar-refractivity contribution < 1.29 is 9.90 Å². The zero-order chi connectivity index (χ0) is 18.2. The van der Waals surface area contributed by atoms with E-state index in [-0.39, 0.29) is 17.4 Å². The summed E-state index contributed by atoms with van der Waals surface area (Å²) in [6.07, 6.45) is 2.32. The highest BCUT2D eigenvalue weighted by molar-refractivity contribution is 5.97. The summed E-state index contributed by atoms with van der Waals surface area (Å²) in [5.74, 6) is -0.295. The number of carbonyl (C=O) groups is 1. The number of phenolic OH excluding ortho intramolecular Hbond substituents is 1. The molecule has 1 amide bonds. The Morgan fingerprint density at radius 3 is 2.40 bits per heavy atom. The van der Waals surface area contributed by atoms with Crippen molar-refractivity contribution in [2.24, 2.45) is 0 Å². The fourth-order valence-corrected chi connectivity index (χ4v) is 2.26. The van der Waals surface area contributed by atoms with Gasteiger partial charge in [-0.2, -0.15) is 5.26 Å². The first-order valence-corrected chi connectivity index (χ1v) is 8.09. The Balaban J connectivity index is 2.01. The van der Waals surface area contributed by atoms with Crippen molar-refractivity contribution in [2.45, 2.75) is 26.3 Å². The predicted molar refractivity (Wildman–Crippen MR) is 97.8 cm³/mol.